The van der Waals surface area contributed by atoms with Crippen molar-refractivity contribution < 1.29 is 9.18 Å². The van der Waals surface area contributed by atoms with Gasteiger partial charge in [-0.15, -0.1) is 23.7 Å². The maximum absolute atomic E-state index is 13.8. The Kier molecular flexibility index (Phi) is 5.13. The average Bonchev–Trinajstić information content (AvgIpc) is 2.64. The van der Waals surface area contributed by atoms with Crippen molar-refractivity contribution in [2.45, 2.75) is 26.3 Å². The first kappa shape index (κ1) is 16.9. The fourth-order valence-electron chi connectivity index (χ4n) is 1.86. The van der Waals surface area contributed by atoms with Gasteiger partial charge in [-0.05, 0) is 38.5 Å². The molecule has 2 aromatic rings. The minimum atomic E-state index is -0.467. The molecule has 0 unspecified atom stereocenters. The van der Waals surface area contributed by atoms with Crippen LogP contribution >= 0.6 is 23.7 Å². The molecule has 0 saturated carbocycles. The highest BCUT2D eigenvalue weighted by atomic mass is 35.5. The van der Waals surface area contributed by atoms with E-state index in [4.69, 9.17) is 5.73 Å². The first-order valence-electron chi connectivity index (χ1n) is 6.04. The van der Waals surface area contributed by atoms with Crippen LogP contribution in [0.1, 0.15) is 29.1 Å². The lowest BCUT2D eigenvalue weighted by Crippen LogP contribution is -2.45. The molecule has 0 atom stereocenters. The van der Waals surface area contributed by atoms with Gasteiger partial charge >= 0.3 is 0 Å². The summed E-state index contributed by atoms with van der Waals surface area (Å²) >= 11 is 1.30. The number of hydrogen-bond acceptors (Lipinski definition) is 3. The first-order valence-corrected chi connectivity index (χ1v) is 6.86. The fourth-order valence-corrected chi connectivity index (χ4v) is 3.00. The molecular weight excluding hydrogens is 299 g/mol. The molecule has 0 aliphatic heterocycles. The molecule has 1 amide bonds. The molecular formula is C14H18ClFN2OS. The molecule has 0 spiro atoms. The van der Waals surface area contributed by atoms with Crippen molar-refractivity contribution >= 4 is 39.7 Å². The number of thiophene rings is 1. The third-order valence-corrected chi connectivity index (χ3v) is 4.07. The van der Waals surface area contributed by atoms with Gasteiger partial charge in [0.2, 0.25) is 0 Å². The Labute approximate surface area is 127 Å². The Balaban J connectivity index is 0.00000200. The Bertz CT molecular complexity index is 634. The molecule has 0 fully saturated rings. The van der Waals surface area contributed by atoms with Crippen LogP contribution in [0.5, 0.6) is 0 Å². The molecule has 0 bridgehead atoms. The number of halogens is 2. The van der Waals surface area contributed by atoms with E-state index in [0.717, 1.165) is 4.70 Å². The van der Waals surface area contributed by atoms with E-state index in [2.05, 4.69) is 5.32 Å². The zero-order valence-electron chi connectivity index (χ0n) is 11.6. The van der Waals surface area contributed by atoms with Crippen LogP contribution in [-0.2, 0) is 0 Å². The highest BCUT2D eigenvalue weighted by Crippen LogP contribution is 2.32. The van der Waals surface area contributed by atoms with E-state index in [0.29, 0.717) is 22.4 Å². The van der Waals surface area contributed by atoms with Crippen molar-refractivity contribution in [1.29, 1.82) is 0 Å². The molecule has 1 aromatic heterocycles. The van der Waals surface area contributed by atoms with Crippen LogP contribution in [0.25, 0.3) is 10.1 Å². The highest BCUT2D eigenvalue weighted by Gasteiger charge is 2.19. The number of carbonyl (C=O) groups excluding carboxylic acids is 1. The first-order chi connectivity index (χ1) is 8.79. The zero-order chi connectivity index (χ0) is 14.2. The molecule has 3 N–H and O–H groups in total. The van der Waals surface area contributed by atoms with Gasteiger partial charge in [-0.1, -0.05) is 6.07 Å². The number of nitrogens with two attached hydrogens (primary N) is 1. The van der Waals surface area contributed by atoms with Gasteiger partial charge in [0.1, 0.15) is 5.82 Å². The number of fused-ring (bicyclic) bond motifs is 1. The van der Waals surface area contributed by atoms with Crippen LogP contribution in [0.4, 0.5) is 4.39 Å². The molecule has 1 heterocycles. The third kappa shape index (κ3) is 3.48. The number of carbonyl (C=O) groups is 1. The lowest BCUT2D eigenvalue weighted by Gasteiger charge is -2.18. The Morgan fingerprint density at radius 2 is 2.10 bits per heavy atom. The normalized spacial score (nSPS) is 11.2. The largest absolute Gasteiger partial charge is 0.350 e. The van der Waals surface area contributed by atoms with E-state index in [1.807, 2.05) is 19.9 Å². The minimum Gasteiger partial charge on any atom is -0.350 e. The van der Waals surface area contributed by atoms with Crippen LogP contribution < -0.4 is 11.1 Å². The molecule has 110 valence electrons. The molecule has 2 rings (SSSR count). The predicted octanol–water partition coefficient (Wildman–Crippen LogP) is 3.24. The van der Waals surface area contributed by atoms with Crippen LogP contribution in [0, 0.1) is 12.7 Å². The Morgan fingerprint density at radius 3 is 2.65 bits per heavy atom. The number of nitrogens with one attached hydrogen (secondary N) is 1. The number of hydrogen-bond donors (Lipinski definition) is 2. The van der Waals surface area contributed by atoms with E-state index in [1.165, 1.54) is 17.4 Å². The third-order valence-electron chi connectivity index (χ3n) is 2.81. The van der Waals surface area contributed by atoms with Gasteiger partial charge < -0.3 is 11.1 Å². The summed E-state index contributed by atoms with van der Waals surface area (Å²) in [5.41, 5.74) is 6.05. The van der Waals surface area contributed by atoms with Crippen LogP contribution in [0.15, 0.2) is 18.2 Å². The number of amides is 1. The second-order valence-corrected chi connectivity index (χ2v) is 6.39. The van der Waals surface area contributed by atoms with E-state index in [-0.39, 0.29) is 24.1 Å². The zero-order valence-corrected chi connectivity index (χ0v) is 13.3. The maximum Gasteiger partial charge on any atom is 0.261 e. The summed E-state index contributed by atoms with van der Waals surface area (Å²) in [6.07, 6.45) is 0. The van der Waals surface area contributed by atoms with Crippen molar-refractivity contribution in [2.24, 2.45) is 5.73 Å². The van der Waals surface area contributed by atoms with Crippen molar-refractivity contribution in [3.63, 3.8) is 0 Å². The van der Waals surface area contributed by atoms with E-state index in [1.54, 1.807) is 13.0 Å². The Morgan fingerprint density at radius 1 is 1.45 bits per heavy atom. The summed E-state index contributed by atoms with van der Waals surface area (Å²) < 4.78 is 14.5. The van der Waals surface area contributed by atoms with Gasteiger partial charge in [0.05, 0.1) is 4.88 Å². The minimum absolute atomic E-state index is 0. The molecule has 6 heteroatoms. The molecule has 3 nitrogen and oxygen atoms in total. The predicted molar refractivity (Wildman–Crippen MR) is 84.4 cm³/mol. The number of rotatable bonds is 3. The summed E-state index contributed by atoms with van der Waals surface area (Å²) in [6, 6.07) is 4.88. The van der Waals surface area contributed by atoms with E-state index >= 15 is 0 Å². The molecule has 0 aliphatic rings. The lowest BCUT2D eigenvalue weighted by atomic mass is 10.1. The maximum atomic E-state index is 13.8. The van der Waals surface area contributed by atoms with Gasteiger partial charge in [0, 0.05) is 22.2 Å². The van der Waals surface area contributed by atoms with Crippen LogP contribution in [0.2, 0.25) is 0 Å². The summed E-state index contributed by atoms with van der Waals surface area (Å²) in [5.74, 6) is -0.485. The van der Waals surface area contributed by atoms with E-state index < -0.39 is 5.54 Å². The van der Waals surface area contributed by atoms with Crippen molar-refractivity contribution in [3.05, 3.63) is 34.5 Å². The molecule has 0 radical (unpaired) electrons. The summed E-state index contributed by atoms with van der Waals surface area (Å²) in [4.78, 5) is 12.7. The monoisotopic (exact) mass is 316 g/mol. The van der Waals surface area contributed by atoms with Gasteiger partial charge in [-0.3, -0.25) is 4.79 Å². The standard InChI is InChI=1S/C14H17FN2OS.ClH/c1-8-11-9(15)5-4-6-10(11)19-12(8)13(18)17-7-14(2,3)16;/h4-6H,7,16H2,1-3H3,(H,17,18);1H. The number of aryl methyl sites for hydroxylation is 1. The van der Waals surface area contributed by atoms with Gasteiger partial charge in [-0.25, -0.2) is 4.39 Å². The van der Waals surface area contributed by atoms with Crippen molar-refractivity contribution in [1.82, 2.24) is 5.32 Å². The molecule has 0 saturated heterocycles. The van der Waals surface area contributed by atoms with Crippen molar-refractivity contribution in [2.75, 3.05) is 6.54 Å². The summed E-state index contributed by atoms with van der Waals surface area (Å²) in [6.45, 7) is 5.82. The smallest absolute Gasteiger partial charge is 0.261 e. The topological polar surface area (TPSA) is 55.1 Å². The molecule has 20 heavy (non-hydrogen) atoms. The average molecular weight is 317 g/mol. The highest BCUT2D eigenvalue weighted by molar-refractivity contribution is 7.21. The molecule has 0 aliphatic carbocycles. The molecule has 1 aromatic carbocycles. The van der Waals surface area contributed by atoms with Crippen LogP contribution in [-0.4, -0.2) is 18.0 Å². The fraction of sp³-hybridized carbons (Fsp3) is 0.357. The van der Waals surface area contributed by atoms with E-state index in [9.17, 15) is 9.18 Å². The second kappa shape index (κ2) is 6.08. The SMILES string of the molecule is Cc1c(C(=O)NCC(C)(C)N)sc2cccc(F)c12.Cl. The number of benzene rings is 1. The second-order valence-electron chi connectivity index (χ2n) is 5.34. The van der Waals surface area contributed by atoms with Gasteiger partial charge in [0.25, 0.3) is 5.91 Å². The van der Waals surface area contributed by atoms with Crippen LogP contribution in [0.3, 0.4) is 0 Å². The quantitative estimate of drug-likeness (QED) is 0.913. The van der Waals surface area contributed by atoms with Gasteiger partial charge in [-0.2, -0.15) is 0 Å². The van der Waals surface area contributed by atoms with Gasteiger partial charge in [0.15, 0.2) is 0 Å². The Hall–Kier alpha value is -1.17. The summed E-state index contributed by atoms with van der Waals surface area (Å²) in [5, 5.41) is 3.32. The van der Waals surface area contributed by atoms with Crippen molar-refractivity contribution in [3.8, 4) is 0 Å². The lowest BCUT2D eigenvalue weighted by molar-refractivity contribution is 0.0949. The summed E-state index contributed by atoms with van der Waals surface area (Å²) in [7, 11) is 0.